The molecule has 3 nitrogen and oxygen atoms in total. The second-order valence-electron chi connectivity index (χ2n) is 4.11. The molecule has 16 heavy (non-hydrogen) atoms. The van der Waals surface area contributed by atoms with Crippen molar-refractivity contribution >= 4 is 12.0 Å². The first kappa shape index (κ1) is 10.9. The lowest BCUT2D eigenvalue weighted by atomic mass is 10.2. The van der Waals surface area contributed by atoms with E-state index < -0.39 is 0 Å². The molecule has 1 heterocycles. The molecule has 2 rings (SSSR count). The second kappa shape index (κ2) is 5.45. The van der Waals surface area contributed by atoms with Crippen molar-refractivity contribution in [1.29, 1.82) is 0 Å². The van der Waals surface area contributed by atoms with Crippen LogP contribution < -0.4 is 5.32 Å². The van der Waals surface area contributed by atoms with Crippen LogP contribution in [0.25, 0.3) is 6.08 Å². The molecule has 1 fully saturated rings. The molecule has 1 aromatic rings. The lowest BCUT2D eigenvalue weighted by Gasteiger charge is -2.08. The standard InChI is InChI=1S/C13H16N2O/c16-13(15-12-5-1-2-6-12)8-7-11-4-3-9-14-10-11/h3-4,7-10,12H,1-2,5-6H2,(H,15,16). The summed E-state index contributed by atoms with van der Waals surface area (Å²) in [5, 5.41) is 3.00. The monoisotopic (exact) mass is 216 g/mol. The van der Waals surface area contributed by atoms with Crippen molar-refractivity contribution in [3.63, 3.8) is 0 Å². The SMILES string of the molecule is O=C(C=Cc1cccnc1)NC1CCCC1. The van der Waals surface area contributed by atoms with Crippen molar-refractivity contribution in [3.05, 3.63) is 36.2 Å². The van der Waals surface area contributed by atoms with Crippen LogP contribution >= 0.6 is 0 Å². The normalized spacial score (nSPS) is 16.8. The zero-order valence-electron chi connectivity index (χ0n) is 9.23. The third kappa shape index (κ3) is 3.19. The van der Waals surface area contributed by atoms with E-state index in [0.717, 1.165) is 18.4 Å². The molecular formula is C13H16N2O. The summed E-state index contributed by atoms with van der Waals surface area (Å²) in [5.74, 6) is -0.00393. The van der Waals surface area contributed by atoms with Crippen LogP contribution in [-0.4, -0.2) is 16.9 Å². The summed E-state index contributed by atoms with van der Waals surface area (Å²) < 4.78 is 0. The van der Waals surface area contributed by atoms with Gasteiger partial charge in [0.15, 0.2) is 0 Å². The summed E-state index contributed by atoms with van der Waals surface area (Å²) in [4.78, 5) is 15.5. The van der Waals surface area contributed by atoms with Gasteiger partial charge >= 0.3 is 0 Å². The van der Waals surface area contributed by atoms with Gasteiger partial charge in [-0.25, -0.2) is 0 Å². The van der Waals surface area contributed by atoms with Crippen molar-refractivity contribution in [2.45, 2.75) is 31.7 Å². The topological polar surface area (TPSA) is 42.0 Å². The van der Waals surface area contributed by atoms with E-state index >= 15 is 0 Å². The summed E-state index contributed by atoms with van der Waals surface area (Å²) in [6.45, 7) is 0. The van der Waals surface area contributed by atoms with E-state index in [0.29, 0.717) is 6.04 Å². The van der Waals surface area contributed by atoms with Gasteiger partial charge < -0.3 is 5.32 Å². The number of hydrogen-bond donors (Lipinski definition) is 1. The van der Waals surface area contributed by atoms with Gasteiger partial charge in [0, 0.05) is 24.5 Å². The van der Waals surface area contributed by atoms with Crippen LogP contribution in [0.15, 0.2) is 30.6 Å². The number of aromatic nitrogens is 1. The fourth-order valence-electron chi connectivity index (χ4n) is 1.97. The summed E-state index contributed by atoms with van der Waals surface area (Å²) in [6, 6.07) is 4.16. The van der Waals surface area contributed by atoms with Gasteiger partial charge in [-0.2, -0.15) is 0 Å². The van der Waals surface area contributed by atoms with E-state index in [2.05, 4.69) is 10.3 Å². The molecule has 0 spiro atoms. The number of rotatable bonds is 3. The number of carbonyl (C=O) groups is 1. The number of nitrogens with zero attached hydrogens (tertiary/aromatic N) is 1. The summed E-state index contributed by atoms with van der Waals surface area (Å²) in [5.41, 5.74) is 0.948. The van der Waals surface area contributed by atoms with Crippen molar-refractivity contribution < 1.29 is 4.79 Å². The van der Waals surface area contributed by atoms with Crippen LogP contribution in [0.2, 0.25) is 0 Å². The van der Waals surface area contributed by atoms with Crippen LogP contribution in [-0.2, 0) is 4.79 Å². The Bertz CT molecular complexity index is 367. The van der Waals surface area contributed by atoms with Gasteiger partial charge in [0.05, 0.1) is 0 Å². The van der Waals surface area contributed by atoms with Gasteiger partial charge in [-0.1, -0.05) is 18.9 Å². The highest BCUT2D eigenvalue weighted by atomic mass is 16.1. The summed E-state index contributed by atoms with van der Waals surface area (Å²) in [7, 11) is 0. The van der Waals surface area contributed by atoms with E-state index in [4.69, 9.17) is 0 Å². The minimum atomic E-state index is -0.00393. The Labute approximate surface area is 95.6 Å². The molecule has 1 aromatic heterocycles. The van der Waals surface area contributed by atoms with Crippen molar-refractivity contribution in [2.24, 2.45) is 0 Å². The maximum absolute atomic E-state index is 11.6. The summed E-state index contributed by atoms with van der Waals surface area (Å²) in [6.07, 6.45) is 11.5. The third-order valence-electron chi connectivity index (χ3n) is 2.81. The highest BCUT2D eigenvalue weighted by molar-refractivity contribution is 5.91. The lowest BCUT2D eigenvalue weighted by molar-refractivity contribution is -0.117. The van der Waals surface area contributed by atoms with E-state index in [1.54, 1.807) is 24.5 Å². The molecular weight excluding hydrogens is 200 g/mol. The highest BCUT2D eigenvalue weighted by Crippen LogP contribution is 2.17. The van der Waals surface area contributed by atoms with Gasteiger partial charge in [0.25, 0.3) is 0 Å². The predicted octanol–water partition coefficient (Wildman–Crippen LogP) is 2.15. The van der Waals surface area contributed by atoms with Crippen LogP contribution in [0.1, 0.15) is 31.2 Å². The smallest absolute Gasteiger partial charge is 0.244 e. The van der Waals surface area contributed by atoms with Gasteiger partial charge in [-0.3, -0.25) is 9.78 Å². The van der Waals surface area contributed by atoms with Crippen LogP contribution in [0.5, 0.6) is 0 Å². The first-order valence-electron chi connectivity index (χ1n) is 5.73. The Balaban J connectivity index is 1.84. The molecule has 0 saturated heterocycles. The Morgan fingerprint density at radius 2 is 2.25 bits per heavy atom. The number of pyridine rings is 1. The van der Waals surface area contributed by atoms with Crippen molar-refractivity contribution in [3.8, 4) is 0 Å². The molecule has 0 unspecified atom stereocenters. The predicted molar refractivity (Wildman–Crippen MR) is 63.7 cm³/mol. The van der Waals surface area contributed by atoms with Crippen LogP contribution in [0.4, 0.5) is 0 Å². The first-order valence-corrected chi connectivity index (χ1v) is 5.73. The third-order valence-corrected chi connectivity index (χ3v) is 2.81. The fraction of sp³-hybridized carbons (Fsp3) is 0.385. The van der Waals surface area contributed by atoms with E-state index in [9.17, 15) is 4.79 Å². The summed E-state index contributed by atoms with van der Waals surface area (Å²) >= 11 is 0. The highest BCUT2D eigenvalue weighted by Gasteiger charge is 2.15. The number of nitrogens with one attached hydrogen (secondary N) is 1. The molecule has 1 N–H and O–H groups in total. The Morgan fingerprint density at radius 1 is 1.44 bits per heavy atom. The molecule has 1 aliphatic carbocycles. The largest absolute Gasteiger partial charge is 0.350 e. The minimum Gasteiger partial charge on any atom is -0.350 e. The Morgan fingerprint density at radius 3 is 2.94 bits per heavy atom. The molecule has 3 heteroatoms. The van der Waals surface area contributed by atoms with Crippen LogP contribution in [0, 0.1) is 0 Å². The number of amides is 1. The quantitative estimate of drug-likeness (QED) is 0.787. The zero-order chi connectivity index (χ0) is 11.2. The fourth-order valence-corrected chi connectivity index (χ4v) is 1.97. The lowest BCUT2D eigenvalue weighted by Crippen LogP contribution is -2.30. The van der Waals surface area contributed by atoms with E-state index in [1.807, 2.05) is 12.1 Å². The average molecular weight is 216 g/mol. The van der Waals surface area contributed by atoms with Crippen molar-refractivity contribution in [2.75, 3.05) is 0 Å². The minimum absolute atomic E-state index is 0.00393. The molecule has 1 aliphatic rings. The van der Waals surface area contributed by atoms with Gasteiger partial charge in [-0.05, 0) is 30.5 Å². The Kier molecular flexibility index (Phi) is 3.70. The van der Waals surface area contributed by atoms with Gasteiger partial charge in [0.2, 0.25) is 5.91 Å². The molecule has 0 radical (unpaired) electrons. The van der Waals surface area contributed by atoms with Crippen molar-refractivity contribution in [1.82, 2.24) is 10.3 Å². The maximum Gasteiger partial charge on any atom is 0.244 e. The molecule has 0 bridgehead atoms. The zero-order valence-corrected chi connectivity index (χ0v) is 9.23. The first-order chi connectivity index (χ1) is 7.84. The average Bonchev–Trinajstić information content (AvgIpc) is 2.81. The van der Waals surface area contributed by atoms with Gasteiger partial charge in [0.1, 0.15) is 0 Å². The maximum atomic E-state index is 11.6. The van der Waals surface area contributed by atoms with Gasteiger partial charge in [-0.15, -0.1) is 0 Å². The molecule has 0 aromatic carbocycles. The van der Waals surface area contributed by atoms with E-state index in [1.165, 1.54) is 12.8 Å². The van der Waals surface area contributed by atoms with Crippen LogP contribution in [0.3, 0.4) is 0 Å². The molecule has 0 aliphatic heterocycles. The van der Waals surface area contributed by atoms with E-state index in [-0.39, 0.29) is 5.91 Å². The molecule has 84 valence electrons. The number of hydrogen-bond acceptors (Lipinski definition) is 2. The molecule has 0 atom stereocenters. The second-order valence-corrected chi connectivity index (χ2v) is 4.11. The Hall–Kier alpha value is -1.64. The molecule has 1 amide bonds. The number of carbonyl (C=O) groups excluding carboxylic acids is 1. The molecule has 1 saturated carbocycles.